The molecule has 1 amide bonds. The molecule has 0 radical (unpaired) electrons. The lowest BCUT2D eigenvalue weighted by molar-refractivity contribution is -0.121. The summed E-state index contributed by atoms with van der Waals surface area (Å²) < 4.78 is 5.08. The predicted octanol–water partition coefficient (Wildman–Crippen LogP) is 1.90. The van der Waals surface area contributed by atoms with Gasteiger partial charge in [-0.2, -0.15) is 0 Å². The topological polar surface area (TPSA) is 64.3 Å². The van der Waals surface area contributed by atoms with E-state index in [1.807, 2.05) is 31.2 Å². The average molecular weight is 287 g/mol. The van der Waals surface area contributed by atoms with E-state index in [9.17, 15) is 4.79 Å². The fraction of sp³-hybridized carbons (Fsp3) is 0.500. The van der Waals surface area contributed by atoms with Crippen LogP contribution in [-0.4, -0.2) is 25.6 Å². The van der Waals surface area contributed by atoms with Crippen molar-refractivity contribution in [3.05, 3.63) is 29.8 Å². The zero-order valence-electron chi connectivity index (χ0n) is 11.5. The van der Waals surface area contributed by atoms with Crippen LogP contribution in [0.4, 0.5) is 0 Å². The molecule has 5 heteroatoms. The van der Waals surface area contributed by atoms with Crippen molar-refractivity contribution in [3.8, 4) is 5.75 Å². The van der Waals surface area contributed by atoms with Crippen LogP contribution in [0.5, 0.6) is 5.75 Å². The number of carbonyl (C=O) groups excluding carboxylic acids is 1. The standard InChI is InChI=1S/C14H22N2O2.ClH/c1-11(15)3-8-14(17)16-10-9-12-4-6-13(18-2)7-5-12;/h4-7,11H,3,8-10,15H2,1-2H3,(H,16,17);1H. The maximum Gasteiger partial charge on any atom is 0.220 e. The molecule has 1 atom stereocenters. The molecule has 1 unspecified atom stereocenters. The van der Waals surface area contributed by atoms with E-state index in [1.54, 1.807) is 7.11 Å². The minimum Gasteiger partial charge on any atom is -0.497 e. The summed E-state index contributed by atoms with van der Waals surface area (Å²) in [5.74, 6) is 0.917. The maximum atomic E-state index is 11.5. The van der Waals surface area contributed by atoms with E-state index in [1.165, 1.54) is 5.56 Å². The number of nitrogens with one attached hydrogen (secondary N) is 1. The second-order valence-corrected chi connectivity index (χ2v) is 4.46. The van der Waals surface area contributed by atoms with Crippen LogP contribution in [0, 0.1) is 0 Å². The number of rotatable bonds is 7. The zero-order valence-corrected chi connectivity index (χ0v) is 12.3. The number of benzene rings is 1. The Kier molecular flexibility index (Phi) is 9.00. The number of hydrogen-bond acceptors (Lipinski definition) is 3. The first kappa shape index (κ1) is 17.7. The normalized spacial score (nSPS) is 11.3. The van der Waals surface area contributed by atoms with E-state index >= 15 is 0 Å². The van der Waals surface area contributed by atoms with Crippen LogP contribution in [0.25, 0.3) is 0 Å². The van der Waals surface area contributed by atoms with Crippen LogP contribution in [-0.2, 0) is 11.2 Å². The lowest BCUT2D eigenvalue weighted by atomic mass is 10.1. The van der Waals surface area contributed by atoms with Crippen LogP contribution in [0.2, 0.25) is 0 Å². The largest absolute Gasteiger partial charge is 0.497 e. The molecule has 0 aliphatic rings. The van der Waals surface area contributed by atoms with Crippen molar-refractivity contribution >= 4 is 18.3 Å². The second kappa shape index (κ2) is 9.64. The van der Waals surface area contributed by atoms with Gasteiger partial charge in [0.05, 0.1) is 7.11 Å². The predicted molar refractivity (Wildman–Crippen MR) is 79.8 cm³/mol. The molecule has 0 aliphatic heterocycles. The Balaban J connectivity index is 0.00000324. The number of amides is 1. The molecule has 1 rings (SSSR count). The Morgan fingerprint density at radius 1 is 1.37 bits per heavy atom. The smallest absolute Gasteiger partial charge is 0.220 e. The Bertz CT molecular complexity index is 366. The van der Waals surface area contributed by atoms with Crippen molar-refractivity contribution in [2.75, 3.05) is 13.7 Å². The van der Waals surface area contributed by atoms with Crippen LogP contribution < -0.4 is 15.8 Å². The number of ether oxygens (including phenoxy) is 1. The van der Waals surface area contributed by atoms with Crippen molar-refractivity contribution in [1.29, 1.82) is 0 Å². The van der Waals surface area contributed by atoms with Gasteiger partial charge in [0.1, 0.15) is 5.75 Å². The summed E-state index contributed by atoms with van der Waals surface area (Å²) in [5, 5.41) is 2.89. The van der Waals surface area contributed by atoms with E-state index in [2.05, 4.69) is 5.32 Å². The quantitative estimate of drug-likeness (QED) is 0.805. The highest BCUT2D eigenvalue weighted by Crippen LogP contribution is 2.11. The zero-order chi connectivity index (χ0) is 13.4. The molecular formula is C14H23ClN2O2. The summed E-state index contributed by atoms with van der Waals surface area (Å²) in [6.45, 7) is 2.56. The molecule has 0 saturated carbocycles. The molecule has 0 fully saturated rings. The number of carbonyl (C=O) groups is 1. The minimum absolute atomic E-state index is 0. The van der Waals surface area contributed by atoms with E-state index in [4.69, 9.17) is 10.5 Å². The molecule has 3 N–H and O–H groups in total. The number of nitrogens with two attached hydrogens (primary N) is 1. The Morgan fingerprint density at radius 2 is 2.00 bits per heavy atom. The molecule has 108 valence electrons. The molecule has 1 aromatic rings. The van der Waals surface area contributed by atoms with Crippen LogP contribution in [0.3, 0.4) is 0 Å². The van der Waals surface area contributed by atoms with Crippen molar-refractivity contribution in [2.24, 2.45) is 5.73 Å². The summed E-state index contributed by atoms with van der Waals surface area (Å²) in [6.07, 6.45) is 2.06. The second-order valence-electron chi connectivity index (χ2n) is 4.46. The van der Waals surface area contributed by atoms with Gasteiger partial charge in [0.15, 0.2) is 0 Å². The first-order chi connectivity index (χ1) is 8.61. The molecule has 0 bridgehead atoms. The van der Waals surface area contributed by atoms with Gasteiger partial charge in [-0.05, 0) is 37.5 Å². The fourth-order valence-corrected chi connectivity index (χ4v) is 1.59. The molecule has 1 aromatic carbocycles. The minimum atomic E-state index is 0. The molecule has 0 heterocycles. The van der Waals surface area contributed by atoms with E-state index < -0.39 is 0 Å². The molecule has 0 aromatic heterocycles. The third-order valence-electron chi connectivity index (χ3n) is 2.72. The monoisotopic (exact) mass is 286 g/mol. The van der Waals surface area contributed by atoms with Gasteiger partial charge in [-0.15, -0.1) is 12.4 Å². The van der Waals surface area contributed by atoms with Crippen LogP contribution >= 0.6 is 12.4 Å². The molecular weight excluding hydrogens is 264 g/mol. The van der Waals surface area contributed by atoms with Crippen molar-refractivity contribution in [2.45, 2.75) is 32.2 Å². The van der Waals surface area contributed by atoms with E-state index in [0.717, 1.165) is 18.6 Å². The molecule has 0 saturated heterocycles. The third-order valence-corrected chi connectivity index (χ3v) is 2.72. The van der Waals surface area contributed by atoms with Gasteiger partial charge in [0.25, 0.3) is 0 Å². The van der Waals surface area contributed by atoms with Crippen molar-refractivity contribution < 1.29 is 9.53 Å². The van der Waals surface area contributed by atoms with E-state index in [0.29, 0.717) is 13.0 Å². The van der Waals surface area contributed by atoms with Crippen LogP contribution in [0.15, 0.2) is 24.3 Å². The number of hydrogen-bond donors (Lipinski definition) is 2. The highest BCUT2D eigenvalue weighted by atomic mass is 35.5. The first-order valence-electron chi connectivity index (χ1n) is 6.27. The van der Waals surface area contributed by atoms with Gasteiger partial charge in [0, 0.05) is 19.0 Å². The lowest BCUT2D eigenvalue weighted by Gasteiger charge is -2.07. The Morgan fingerprint density at radius 3 is 2.53 bits per heavy atom. The SMILES string of the molecule is COc1ccc(CCNC(=O)CCC(C)N)cc1.Cl. The number of halogens is 1. The summed E-state index contributed by atoms with van der Waals surface area (Å²) >= 11 is 0. The molecule has 0 spiro atoms. The molecule has 19 heavy (non-hydrogen) atoms. The molecule has 4 nitrogen and oxygen atoms in total. The van der Waals surface area contributed by atoms with Gasteiger partial charge in [-0.1, -0.05) is 12.1 Å². The first-order valence-corrected chi connectivity index (χ1v) is 6.27. The van der Waals surface area contributed by atoms with Crippen LogP contribution in [0.1, 0.15) is 25.3 Å². The highest BCUT2D eigenvalue weighted by Gasteiger charge is 2.03. The summed E-state index contributed by atoms with van der Waals surface area (Å²) in [6, 6.07) is 7.94. The van der Waals surface area contributed by atoms with E-state index in [-0.39, 0.29) is 24.4 Å². The maximum absolute atomic E-state index is 11.5. The summed E-state index contributed by atoms with van der Waals surface area (Å²) in [5.41, 5.74) is 6.78. The van der Waals surface area contributed by atoms with Crippen molar-refractivity contribution in [1.82, 2.24) is 5.32 Å². The third kappa shape index (κ3) is 7.70. The Labute approximate surface area is 121 Å². The molecule has 0 aliphatic carbocycles. The lowest BCUT2D eigenvalue weighted by Crippen LogP contribution is -2.27. The summed E-state index contributed by atoms with van der Waals surface area (Å²) in [7, 11) is 1.65. The van der Waals surface area contributed by atoms with Gasteiger partial charge in [-0.3, -0.25) is 4.79 Å². The summed E-state index contributed by atoms with van der Waals surface area (Å²) in [4.78, 5) is 11.5. The van der Waals surface area contributed by atoms with Gasteiger partial charge in [0.2, 0.25) is 5.91 Å². The Hall–Kier alpha value is -1.26. The van der Waals surface area contributed by atoms with Gasteiger partial charge < -0.3 is 15.8 Å². The highest BCUT2D eigenvalue weighted by molar-refractivity contribution is 5.85. The van der Waals surface area contributed by atoms with Gasteiger partial charge in [-0.25, -0.2) is 0 Å². The van der Waals surface area contributed by atoms with Gasteiger partial charge >= 0.3 is 0 Å². The number of methoxy groups -OCH3 is 1. The average Bonchev–Trinajstić information content (AvgIpc) is 2.37. The fourth-order valence-electron chi connectivity index (χ4n) is 1.59. The van der Waals surface area contributed by atoms with Crippen molar-refractivity contribution in [3.63, 3.8) is 0 Å².